The van der Waals surface area contributed by atoms with E-state index >= 15 is 0 Å². The van der Waals surface area contributed by atoms with E-state index < -0.39 is 11.9 Å². The first-order chi connectivity index (χ1) is 38.7. The lowest BCUT2D eigenvalue weighted by Crippen LogP contribution is -2.00. The van der Waals surface area contributed by atoms with Crippen molar-refractivity contribution in [1.82, 2.24) is 0 Å². The van der Waals surface area contributed by atoms with Crippen LogP contribution in [0.2, 0.25) is 0 Å². The van der Waals surface area contributed by atoms with Crippen molar-refractivity contribution in [3.8, 4) is 94.5 Å². The van der Waals surface area contributed by atoms with Crippen molar-refractivity contribution in [3.63, 3.8) is 0 Å². The predicted molar refractivity (Wildman–Crippen MR) is 301 cm³/mol. The fourth-order valence-electron chi connectivity index (χ4n) is 9.01. The molecule has 0 radical (unpaired) electrons. The molecule has 3 aromatic rings. The molecule has 0 fully saturated rings. The van der Waals surface area contributed by atoms with Crippen molar-refractivity contribution in [1.29, 1.82) is 42.1 Å². The van der Waals surface area contributed by atoms with Gasteiger partial charge in [0.15, 0.2) is 0 Å². The molecule has 0 saturated carbocycles. The van der Waals surface area contributed by atoms with Crippen LogP contribution in [0, 0.1) is 114 Å². The van der Waals surface area contributed by atoms with Gasteiger partial charge in [-0.25, -0.2) is 9.59 Å². The quantitative estimate of drug-likeness (QED) is 0.0537. The number of fused-ring (bicyclic) bond motifs is 2. The van der Waals surface area contributed by atoms with Crippen LogP contribution in [0.1, 0.15) is 116 Å². The second-order valence-electron chi connectivity index (χ2n) is 18.4. The van der Waals surface area contributed by atoms with Gasteiger partial charge in [-0.15, -0.1) is 0 Å². The largest absolute Gasteiger partial charge is 0.465 e. The van der Waals surface area contributed by atoms with E-state index in [2.05, 4.69) is 23.7 Å². The highest BCUT2D eigenvalue weighted by atomic mass is 16.5. The van der Waals surface area contributed by atoms with Crippen LogP contribution in [-0.2, 0) is 9.47 Å². The molecule has 7 rings (SSSR count). The Hall–Kier alpha value is -12.0. The summed E-state index contributed by atoms with van der Waals surface area (Å²) < 4.78 is 10.3. The van der Waals surface area contributed by atoms with Crippen molar-refractivity contribution in [2.45, 2.75) is 39.5 Å². The molecule has 0 aromatic heterocycles. The third kappa shape index (κ3) is 11.5. The number of benzene rings is 3. The molecule has 4 aliphatic carbocycles. The van der Waals surface area contributed by atoms with Gasteiger partial charge in [0.05, 0.1) is 25.3 Å². The standard InChI is InChI=1S/C68H42N8O4/c1-41(2)49-9-7-11-55-57(29-49)61(67(77)79-5)31-59(55)65(53(37-73)38-74)63(51(33-69)34-70)47-25-21-45(22-26-47)19-17-43-13-15-44(16-14-43)18-20-46-23-27-48(28-24-46)64(52(35-71)36-72)66(54(39-75)40-76)60-32-62(68(78)80-6)58-30-50(42(3)4)10-8-12-56(58)60/h7-16,21-32,41-42H,1-6H3. The minimum atomic E-state index is -0.646. The molecular formula is C68H42N8O4. The zero-order valence-electron chi connectivity index (χ0n) is 44.1. The number of esters is 2. The number of rotatable bonds is 10. The second-order valence-corrected chi connectivity index (χ2v) is 18.4. The first-order valence-corrected chi connectivity index (χ1v) is 24.6. The monoisotopic (exact) mass is 1030 g/mol. The van der Waals surface area contributed by atoms with Crippen molar-refractivity contribution in [2.24, 2.45) is 0 Å². The smallest absolute Gasteiger partial charge is 0.338 e. The van der Waals surface area contributed by atoms with E-state index in [9.17, 15) is 51.7 Å². The van der Waals surface area contributed by atoms with Gasteiger partial charge in [0.1, 0.15) is 70.8 Å². The van der Waals surface area contributed by atoms with Gasteiger partial charge in [0, 0.05) is 44.5 Å². The Kier molecular flexibility index (Phi) is 17.4. The van der Waals surface area contributed by atoms with E-state index in [0.29, 0.717) is 55.6 Å². The minimum Gasteiger partial charge on any atom is -0.465 e. The number of ether oxygens (including phenoxy) is 2. The molecule has 3 aromatic carbocycles. The van der Waals surface area contributed by atoms with Gasteiger partial charge in [-0.2, -0.15) is 42.1 Å². The third-order valence-corrected chi connectivity index (χ3v) is 13.1. The number of carbonyl (C=O) groups is 2. The van der Waals surface area contributed by atoms with E-state index in [1.54, 1.807) is 97.1 Å². The highest BCUT2D eigenvalue weighted by Gasteiger charge is 2.31. The first-order valence-electron chi connectivity index (χ1n) is 24.6. The maximum atomic E-state index is 13.2. The SMILES string of the molecule is COC(=O)c1cc(C(=C(C#N)C#N)C(=C(C#N)C#N)c2ccc(C#Cc3ccc(C#Cc4ccc(C(=C(C#N)C#N)C(=C(C#N)C#N)c5cc(C(=O)OC)c6cc(C(C)C)cccc5-6)cc4)cc3)cc2)c2cccc(C(C)C)cc1-2. The second kappa shape index (κ2) is 25.0. The minimum absolute atomic E-state index is 0.00416. The average molecular weight is 1040 g/mol. The van der Waals surface area contributed by atoms with Crippen LogP contribution >= 0.6 is 0 Å². The van der Waals surface area contributed by atoms with Gasteiger partial charge in [0.25, 0.3) is 0 Å². The Morgan fingerprint density at radius 1 is 0.350 bits per heavy atom. The third-order valence-electron chi connectivity index (χ3n) is 13.1. The summed E-state index contributed by atoms with van der Waals surface area (Å²) in [7, 11) is 2.50. The Balaban J connectivity index is 1.18. The number of nitriles is 8. The van der Waals surface area contributed by atoms with Crippen LogP contribution in [0.3, 0.4) is 0 Å². The topological polar surface area (TPSA) is 243 Å². The maximum Gasteiger partial charge on any atom is 0.338 e. The van der Waals surface area contributed by atoms with Gasteiger partial charge in [-0.05, 0) is 128 Å². The number of hydrogen-bond acceptors (Lipinski definition) is 12. The average Bonchev–Trinajstić information content (AvgIpc) is 3.84. The summed E-state index contributed by atoms with van der Waals surface area (Å²) in [6.45, 7) is 8.01. The molecule has 12 heteroatoms. The zero-order valence-corrected chi connectivity index (χ0v) is 44.1. The molecule has 0 aliphatic heterocycles. The van der Waals surface area contributed by atoms with Crippen molar-refractivity contribution < 1.29 is 19.1 Å². The first kappa shape index (κ1) is 55.7. The molecule has 0 atom stereocenters. The van der Waals surface area contributed by atoms with E-state index in [1.807, 2.05) is 101 Å². The van der Waals surface area contributed by atoms with Crippen molar-refractivity contribution in [2.75, 3.05) is 14.2 Å². The molecule has 0 amide bonds. The molecule has 0 bridgehead atoms. The summed E-state index contributed by atoms with van der Waals surface area (Å²) in [6.07, 6.45) is 0. The summed E-state index contributed by atoms with van der Waals surface area (Å²) >= 11 is 0. The molecule has 0 unspecified atom stereocenters. The summed E-state index contributed by atoms with van der Waals surface area (Å²) in [5, 5.41) is 82.3. The van der Waals surface area contributed by atoms with Crippen molar-refractivity contribution in [3.05, 3.63) is 223 Å². The number of carbonyl (C=O) groups excluding carboxylic acids is 2. The van der Waals surface area contributed by atoms with Crippen LogP contribution in [-0.4, -0.2) is 26.2 Å². The lowest BCUT2D eigenvalue weighted by molar-refractivity contribution is 0.0593. The maximum absolute atomic E-state index is 13.2. The van der Waals surface area contributed by atoms with Crippen LogP contribution in [0.25, 0.3) is 44.5 Å². The number of hydrogen-bond donors (Lipinski definition) is 0. The molecule has 4 aliphatic rings. The fraction of sp³-hybridized carbons (Fsp3) is 0.118. The Morgan fingerprint density at radius 3 is 0.887 bits per heavy atom. The van der Waals surface area contributed by atoms with Gasteiger partial charge in [-0.1, -0.05) is 124 Å². The van der Waals surface area contributed by atoms with Crippen LogP contribution in [0.4, 0.5) is 0 Å². The Labute approximate surface area is 464 Å². The van der Waals surface area contributed by atoms with Gasteiger partial charge < -0.3 is 9.47 Å². The van der Waals surface area contributed by atoms with Crippen LogP contribution in [0.5, 0.6) is 0 Å². The molecule has 0 N–H and O–H groups in total. The van der Waals surface area contributed by atoms with Gasteiger partial charge >= 0.3 is 11.9 Å². The molecule has 0 saturated heterocycles. The summed E-state index contributed by atoms with van der Waals surface area (Å²) in [6, 6.07) is 53.6. The van der Waals surface area contributed by atoms with E-state index in [0.717, 1.165) is 11.1 Å². The Morgan fingerprint density at radius 2 is 0.625 bits per heavy atom. The molecule has 12 nitrogen and oxygen atoms in total. The van der Waals surface area contributed by atoms with Gasteiger partial charge in [-0.3, -0.25) is 0 Å². The normalized spacial score (nSPS) is 9.90. The predicted octanol–water partition coefficient (Wildman–Crippen LogP) is 13.1. The highest BCUT2D eigenvalue weighted by molar-refractivity contribution is 6.17. The number of nitrogens with zero attached hydrogens (tertiary/aromatic N) is 8. The Bertz CT molecular complexity index is 3920. The number of allylic oxidation sites excluding steroid dienone is 8. The lowest BCUT2D eigenvalue weighted by Gasteiger charge is -2.14. The zero-order chi connectivity index (χ0) is 57.6. The van der Waals surface area contributed by atoms with Crippen LogP contribution < -0.4 is 0 Å². The van der Waals surface area contributed by atoms with E-state index in [1.165, 1.54) is 26.4 Å². The summed E-state index contributed by atoms with van der Waals surface area (Å²) in [5.41, 5.74) is 6.52. The molecule has 378 valence electrons. The van der Waals surface area contributed by atoms with Crippen molar-refractivity contribution >= 4 is 34.2 Å². The lowest BCUT2D eigenvalue weighted by atomic mass is 9.85. The number of methoxy groups -OCH3 is 2. The molecular weight excluding hydrogens is 993 g/mol. The molecule has 0 heterocycles. The summed E-state index contributed by atoms with van der Waals surface area (Å²) in [4.78, 5) is 26.4. The molecule has 80 heavy (non-hydrogen) atoms. The molecule has 0 spiro atoms. The van der Waals surface area contributed by atoms with E-state index in [4.69, 9.17) is 9.47 Å². The highest BCUT2D eigenvalue weighted by Crippen LogP contribution is 2.47. The fourth-order valence-corrected chi connectivity index (χ4v) is 9.01. The van der Waals surface area contributed by atoms with Gasteiger partial charge in [0.2, 0.25) is 0 Å². The van der Waals surface area contributed by atoms with Crippen LogP contribution in [0.15, 0.2) is 156 Å². The summed E-state index contributed by atoms with van der Waals surface area (Å²) in [5.74, 6) is 11.4. The van der Waals surface area contributed by atoms with E-state index in [-0.39, 0.29) is 78.7 Å².